The van der Waals surface area contributed by atoms with Gasteiger partial charge in [0.15, 0.2) is 5.78 Å². The molecule has 0 spiro atoms. The first kappa shape index (κ1) is 17.2. The Labute approximate surface area is 131 Å². The number of hydrogen-bond acceptors (Lipinski definition) is 5. The normalized spacial score (nSPS) is 17.2. The zero-order valence-corrected chi connectivity index (χ0v) is 14.4. The van der Waals surface area contributed by atoms with E-state index in [1.807, 2.05) is 6.07 Å². The molecule has 1 aliphatic carbocycles. The molecule has 0 N–H and O–H groups in total. The zero-order chi connectivity index (χ0) is 16.4. The lowest BCUT2D eigenvalue weighted by Gasteiger charge is -2.32. The number of phosphoric acid groups is 1. The summed E-state index contributed by atoms with van der Waals surface area (Å²) in [4.78, 5) is 12.2. The molecule has 0 fully saturated rings. The van der Waals surface area contributed by atoms with Crippen LogP contribution in [0.15, 0.2) is 18.2 Å². The molecule has 0 saturated heterocycles. The van der Waals surface area contributed by atoms with E-state index in [2.05, 4.69) is 13.8 Å². The summed E-state index contributed by atoms with van der Waals surface area (Å²) in [6.45, 7) is 8.10. The number of phosphoric ester groups is 1. The van der Waals surface area contributed by atoms with E-state index in [9.17, 15) is 9.36 Å². The molecule has 0 amide bonds. The van der Waals surface area contributed by atoms with Crippen LogP contribution in [0.3, 0.4) is 0 Å². The fourth-order valence-electron chi connectivity index (χ4n) is 2.63. The van der Waals surface area contributed by atoms with Crippen LogP contribution in [0.25, 0.3) is 0 Å². The smallest absolute Gasteiger partial charge is 0.404 e. The van der Waals surface area contributed by atoms with Gasteiger partial charge in [0, 0.05) is 12.0 Å². The maximum absolute atomic E-state index is 12.4. The molecule has 0 aromatic heterocycles. The van der Waals surface area contributed by atoms with E-state index in [0.29, 0.717) is 17.7 Å². The maximum Gasteiger partial charge on any atom is 0.530 e. The maximum atomic E-state index is 12.4. The minimum absolute atomic E-state index is 0.0503. The Hall–Kier alpha value is -1.16. The number of carbonyl (C=O) groups is 1. The van der Waals surface area contributed by atoms with Gasteiger partial charge in [-0.15, -0.1) is 0 Å². The predicted octanol–water partition coefficient (Wildman–Crippen LogP) is 4.50. The second-order valence-electron chi connectivity index (χ2n) is 5.89. The third kappa shape index (κ3) is 3.60. The van der Waals surface area contributed by atoms with E-state index in [-0.39, 0.29) is 24.4 Å². The summed E-state index contributed by atoms with van der Waals surface area (Å²) in [7, 11) is -3.64. The van der Waals surface area contributed by atoms with E-state index >= 15 is 0 Å². The molecule has 0 saturated carbocycles. The van der Waals surface area contributed by atoms with Crippen LogP contribution in [-0.4, -0.2) is 19.0 Å². The van der Waals surface area contributed by atoms with Gasteiger partial charge in [-0.2, -0.15) is 0 Å². The van der Waals surface area contributed by atoms with Crippen molar-refractivity contribution >= 4 is 13.6 Å². The fraction of sp³-hybridized carbons (Fsp3) is 0.562. The van der Waals surface area contributed by atoms with E-state index in [4.69, 9.17) is 13.6 Å². The molecule has 0 atom stereocenters. The van der Waals surface area contributed by atoms with Crippen molar-refractivity contribution in [2.24, 2.45) is 0 Å². The molecule has 0 radical (unpaired) electrons. The second kappa shape index (κ2) is 6.53. The number of hydrogen-bond donors (Lipinski definition) is 0. The van der Waals surface area contributed by atoms with Crippen molar-refractivity contribution < 1.29 is 22.9 Å². The molecule has 22 heavy (non-hydrogen) atoms. The quantitative estimate of drug-likeness (QED) is 0.720. The Morgan fingerprint density at radius 1 is 1.18 bits per heavy atom. The molecule has 0 unspecified atom stereocenters. The summed E-state index contributed by atoms with van der Waals surface area (Å²) in [6, 6.07) is 5.22. The van der Waals surface area contributed by atoms with Crippen molar-refractivity contribution in [2.45, 2.75) is 46.0 Å². The Bertz CT molecular complexity index is 599. The molecule has 0 bridgehead atoms. The van der Waals surface area contributed by atoms with Crippen LogP contribution in [-0.2, 0) is 19.0 Å². The first-order valence-electron chi connectivity index (χ1n) is 7.58. The van der Waals surface area contributed by atoms with Crippen LogP contribution in [0.5, 0.6) is 5.75 Å². The highest BCUT2D eigenvalue weighted by molar-refractivity contribution is 7.48. The van der Waals surface area contributed by atoms with Gasteiger partial charge in [-0.3, -0.25) is 13.8 Å². The number of fused-ring (bicyclic) bond motifs is 1. The number of Topliss-reactive ketones (excluding diaryl/α,β-unsaturated/α-hetero) is 1. The number of benzene rings is 1. The summed E-state index contributed by atoms with van der Waals surface area (Å²) < 4.78 is 28.1. The van der Waals surface area contributed by atoms with Crippen molar-refractivity contribution in [3.63, 3.8) is 0 Å². The summed E-state index contributed by atoms with van der Waals surface area (Å²) in [5.41, 5.74) is 1.58. The summed E-state index contributed by atoms with van der Waals surface area (Å²) in [5, 5.41) is 0. The lowest BCUT2D eigenvalue weighted by atomic mass is 9.72. The molecule has 1 aliphatic rings. The Morgan fingerprint density at radius 2 is 1.82 bits per heavy atom. The van der Waals surface area contributed by atoms with Gasteiger partial charge in [-0.05, 0) is 43.4 Å². The third-order valence-corrected chi connectivity index (χ3v) is 5.37. The topological polar surface area (TPSA) is 61.8 Å². The van der Waals surface area contributed by atoms with Gasteiger partial charge in [0.25, 0.3) is 0 Å². The molecule has 0 aliphatic heterocycles. The van der Waals surface area contributed by atoms with E-state index in [1.54, 1.807) is 26.0 Å². The van der Waals surface area contributed by atoms with Crippen LogP contribution in [0.2, 0.25) is 0 Å². The molecule has 1 aromatic carbocycles. The number of ketones is 1. The molecule has 1 aromatic rings. The number of rotatable bonds is 6. The van der Waals surface area contributed by atoms with Crippen LogP contribution in [0.4, 0.5) is 0 Å². The summed E-state index contributed by atoms with van der Waals surface area (Å²) in [6.07, 6.45) is 1.34. The van der Waals surface area contributed by atoms with E-state index in [1.165, 1.54) is 0 Å². The minimum Gasteiger partial charge on any atom is -0.404 e. The van der Waals surface area contributed by atoms with Crippen molar-refractivity contribution in [1.82, 2.24) is 0 Å². The van der Waals surface area contributed by atoms with Gasteiger partial charge in [0.2, 0.25) is 0 Å². The van der Waals surface area contributed by atoms with Crippen molar-refractivity contribution in [1.29, 1.82) is 0 Å². The fourth-order valence-corrected chi connectivity index (χ4v) is 3.82. The third-order valence-electron chi connectivity index (χ3n) is 3.79. The number of carbonyl (C=O) groups excluding carboxylic acids is 1. The average Bonchev–Trinajstić information content (AvgIpc) is 2.43. The first-order chi connectivity index (χ1) is 10.3. The van der Waals surface area contributed by atoms with Crippen LogP contribution >= 0.6 is 7.82 Å². The Balaban J connectivity index is 2.33. The summed E-state index contributed by atoms with van der Waals surface area (Å²) >= 11 is 0. The van der Waals surface area contributed by atoms with E-state index in [0.717, 1.165) is 12.0 Å². The molecule has 6 heteroatoms. The minimum atomic E-state index is -3.64. The van der Waals surface area contributed by atoms with Crippen LogP contribution < -0.4 is 4.52 Å². The van der Waals surface area contributed by atoms with Gasteiger partial charge in [0.1, 0.15) is 5.75 Å². The molecule has 2 rings (SSSR count). The lowest BCUT2D eigenvalue weighted by Crippen LogP contribution is -2.27. The van der Waals surface area contributed by atoms with Crippen molar-refractivity contribution in [2.75, 3.05) is 13.2 Å². The standard InChI is InChI=1S/C16H23O5P/c1-5-19-22(18,20-6-2)21-12-7-8-14-13(11-12)15(17)9-10-16(14,3)4/h7-8,11H,5-6,9-10H2,1-4H3. The van der Waals surface area contributed by atoms with Crippen LogP contribution in [0, 0.1) is 0 Å². The summed E-state index contributed by atoms with van der Waals surface area (Å²) in [5.74, 6) is 0.414. The van der Waals surface area contributed by atoms with Crippen molar-refractivity contribution in [3.8, 4) is 5.75 Å². The monoisotopic (exact) mass is 326 g/mol. The Morgan fingerprint density at radius 3 is 2.41 bits per heavy atom. The highest BCUT2D eigenvalue weighted by atomic mass is 31.2. The lowest BCUT2D eigenvalue weighted by molar-refractivity contribution is 0.0955. The van der Waals surface area contributed by atoms with E-state index < -0.39 is 7.82 Å². The van der Waals surface area contributed by atoms with Crippen molar-refractivity contribution in [3.05, 3.63) is 29.3 Å². The molecular formula is C16H23O5P. The Kier molecular flexibility index (Phi) is 5.10. The molecule has 122 valence electrons. The van der Waals surface area contributed by atoms with Gasteiger partial charge < -0.3 is 4.52 Å². The van der Waals surface area contributed by atoms with Crippen LogP contribution in [0.1, 0.15) is 56.5 Å². The highest BCUT2D eigenvalue weighted by Gasteiger charge is 2.33. The average molecular weight is 326 g/mol. The van der Waals surface area contributed by atoms with Gasteiger partial charge >= 0.3 is 7.82 Å². The largest absolute Gasteiger partial charge is 0.530 e. The van der Waals surface area contributed by atoms with Gasteiger partial charge in [0.05, 0.1) is 13.2 Å². The molecule has 5 nitrogen and oxygen atoms in total. The van der Waals surface area contributed by atoms with Gasteiger partial charge in [-0.1, -0.05) is 19.9 Å². The first-order valence-corrected chi connectivity index (χ1v) is 9.04. The predicted molar refractivity (Wildman–Crippen MR) is 84.5 cm³/mol. The second-order valence-corrected chi connectivity index (χ2v) is 7.48. The highest BCUT2D eigenvalue weighted by Crippen LogP contribution is 2.50. The zero-order valence-electron chi connectivity index (χ0n) is 13.5. The molecule has 0 heterocycles. The molecular weight excluding hydrogens is 303 g/mol. The SMILES string of the molecule is CCOP(=O)(OCC)Oc1ccc2c(c1)C(=O)CCC2(C)C. The van der Waals surface area contributed by atoms with Gasteiger partial charge in [-0.25, -0.2) is 4.57 Å².